The summed E-state index contributed by atoms with van der Waals surface area (Å²) in [6.07, 6.45) is -1.82. The van der Waals surface area contributed by atoms with E-state index >= 15 is 0 Å². The van der Waals surface area contributed by atoms with E-state index < -0.39 is 18.6 Å². The van der Waals surface area contributed by atoms with E-state index in [-0.39, 0.29) is 18.0 Å². The number of aryl methyl sites for hydroxylation is 1. The minimum Gasteiger partial charge on any atom is -0.468 e. The van der Waals surface area contributed by atoms with Gasteiger partial charge in [-0.25, -0.2) is 9.37 Å². The molecule has 1 N–H and O–H groups in total. The van der Waals surface area contributed by atoms with Crippen LogP contribution >= 0.6 is 0 Å². The molecule has 0 saturated heterocycles. The van der Waals surface area contributed by atoms with Crippen molar-refractivity contribution in [3.05, 3.63) is 59.2 Å². The number of alkyl halides is 3. The molecule has 0 aliphatic heterocycles. The van der Waals surface area contributed by atoms with E-state index in [1.165, 1.54) is 24.5 Å². The second-order valence-corrected chi connectivity index (χ2v) is 6.00. The van der Waals surface area contributed by atoms with Crippen molar-refractivity contribution in [2.45, 2.75) is 19.6 Å². The number of pyridine rings is 2. The summed E-state index contributed by atoms with van der Waals surface area (Å²) in [7, 11) is 0. The van der Waals surface area contributed by atoms with Gasteiger partial charge in [0.05, 0.1) is 16.8 Å². The predicted octanol–water partition coefficient (Wildman–Crippen LogP) is 4.50. The predicted molar refractivity (Wildman–Crippen MR) is 94.3 cm³/mol. The van der Waals surface area contributed by atoms with E-state index in [2.05, 4.69) is 15.3 Å². The zero-order valence-corrected chi connectivity index (χ0v) is 14.6. The second kappa shape index (κ2) is 7.68. The number of hydrogen-bond donors (Lipinski definition) is 1. The maximum atomic E-state index is 13.9. The van der Waals surface area contributed by atoms with Crippen LogP contribution in [-0.2, 0) is 6.54 Å². The SMILES string of the molecule is Cc1cc(F)cc2c(NCc3cccnc3OCC(F)(F)F)c(C#N)cnc12. The largest absolute Gasteiger partial charge is 0.468 e. The third kappa shape index (κ3) is 4.28. The van der Waals surface area contributed by atoms with Crippen molar-refractivity contribution in [1.82, 2.24) is 9.97 Å². The minimum absolute atomic E-state index is 0.0182. The third-order valence-electron chi connectivity index (χ3n) is 3.93. The van der Waals surface area contributed by atoms with Crippen molar-refractivity contribution in [3.8, 4) is 11.9 Å². The molecule has 0 aliphatic carbocycles. The van der Waals surface area contributed by atoms with Crippen LogP contribution in [0.4, 0.5) is 23.2 Å². The first-order valence-electron chi connectivity index (χ1n) is 8.15. The molecule has 0 bridgehead atoms. The van der Waals surface area contributed by atoms with Gasteiger partial charge in [-0.1, -0.05) is 6.07 Å². The summed E-state index contributed by atoms with van der Waals surface area (Å²) in [6, 6.07) is 7.66. The van der Waals surface area contributed by atoms with Gasteiger partial charge < -0.3 is 10.1 Å². The van der Waals surface area contributed by atoms with Gasteiger partial charge in [0.1, 0.15) is 11.9 Å². The van der Waals surface area contributed by atoms with Gasteiger partial charge in [-0.2, -0.15) is 18.4 Å². The van der Waals surface area contributed by atoms with Crippen molar-refractivity contribution in [2.75, 3.05) is 11.9 Å². The van der Waals surface area contributed by atoms with Gasteiger partial charge in [-0.05, 0) is 30.7 Å². The first-order chi connectivity index (χ1) is 13.3. The fraction of sp³-hybridized carbons (Fsp3) is 0.211. The highest BCUT2D eigenvalue weighted by atomic mass is 19.4. The lowest BCUT2D eigenvalue weighted by Gasteiger charge is -2.15. The van der Waals surface area contributed by atoms with Crippen LogP contribution in [0.25, 0.3) is 10.9 Å². The van der Waals surface area contributed by atoms with E-state index in [4.69, 9.17) is 4.74 Å². The zero-order valence-electron chi connectivity index (χ0n) is 14.6. The van der Waals surface area contributed by atoms with Crippen LogP contribution in [-0.4, -0.2) is 22.8 Å². The van der Waals surface area contributed by atoms with E-state index in [0.717, 1.165) is 0 Å². The van der Waals surface area contributed by atoms with Crippen molar-refractivity contribution >= 4 is 16.6 Å². The average molecular weight is 390 g/mol. The molecule has 1 aromatic carbocycles. The van der Waals surface area contributed by atoms with Crippen LogP contribution in [0.1, 0.15) is 16.7 Å². The second-order valence-electron chi connectivity index (χ2n) is 6.00. The maximum absolute atomic E-state index is 13.9. The van der Waals surface area contributed by atoms with Gasteiger partial charge >= 0.3 is 6.18 Å². The van der Waals surface area contributed by atoms with Crippen LogP contribution in [0, 0.1) is 24.1 Å². The van der Waals surface area contributed by atoms with Crippen LogP contribution in [0.5, 0.6) is 5.88 Å². The molecule has 0 fully saturated rings. The standard InChI is InChI=1S/C19H14F4N4O/c1-11-5-14(20)6-15-16(11)26-9-13(7-24)17(15)27-8-12-3-2-4-25-18(12)28-10-19(21,22)23/h2-6,9H,8,10H2,1H3,(H,26,27). The summed E-state index contributed by atoms with van der Waals surface area (Å²) in [5, 5.41) is 12.7. The van der Waals surface area contributed by atoms with Gasteiger partial charge in [-0.15, -0.1) is 0 Å². The highest BCUT2D eigenvalue weighted by molar-refractivity contribution is 5.95. The number of aromatic nitrogens is 2. The number of rotatable bonds is 5. The van der Waals surface area contributed by atoms with Gasteiger partial charge in [0.15, 0.2) is 6.61 Å². The Balaban J connectivity index is 1.94. The molecular formula is C19H14F4N4O. The third-order valence-corrected chi connectivity index (χ3v) is 3.93. The summed E-state index contributed by atoms with van der Waals surface area (Å²) >= 11 is 0. The summed E-state index contributed by atoms with van der Waals surface area (Å²) in [4.78, 5) is 8.02. The van der Waals surface area contributed by atoms with Crippen LogP contribution < -0.4 is 10.1 Å². The fourth-order valence-corrected chi connectivity index (χ4v) is 2.73. The van der Waals surface area contributed by atoms with E-state index in [1.54, 1.807) is 19.1 Å². The minimum atomic E-state index is -4.49. The average Bonchev–Trinajstić information content (AvgIpc) is 2.64. The number of halogens is 4. The lowest BCUT2D eigenvalue weighted by molar-refractivity contribution is -0.154. The number of nitriles is 1. The Kier molecular flexibility index (Phi) is 5.31. The number of anilines is 1. The van der Waals surface area contributed by atoms with Crippen molar-refractivity contribution in [1.29, 1.82) is 5.26 Å². The molecule has 0 atom stereocenters. The molecule has 0 amide bonds. The number of ether oxygens (including phenoxy) is 1. The summed E-state index contributed by atoms with van der Waals surface area (Å²) in [6.45, 7) is 0.242. The van der Waals surface area contributed by atoms with Gasteiger partial charge in [0, 0.05) is 29.9 Å². The molecule has 0 unspecified atom stereocenters. The molecule has 0 spiro atoms. The molecule has 9 heteroatoms. The smallest absolute Gasteiger partial charge is 0.422 e. The van der Waals surface area contributed by atoms with Crippen molar-refractivity contribution in [2.24, 2.45) is 0 Å². The molecule has 0 aliphatic rings. The first kappa shape index (κ1) is 19.4. The quantitative estimate of drug-likeness (QED) is 0.650. The van der Waals surface area contributed by atoms with Gasteiger partial charge in [0.2, 0.25) is 5.88 Å². The molecule has 0 saturated carbocycles. The lowest BCUT2D eigenvalue weighted by atomic mass is 10.1. The normalized spacial score (nSPS) is 11.3. The summed E-state index contributed by atoms with van der Waals surface area (Å²) in [5.41, 5.74) is 1.98. The molecule has 2 aromatic heterocycles. The molecule has 3 rings (SSSR count). The Labute approximate surface area is 157 Å². The monoisotopic (exact) mass is 390 g/mol. The Morgan fingerprint density at radius 1 is 1.25 bits per heavy atom. The van der Waals surface area contributed by atoms with Crippen LogP contribution in [0.3, 0.4) is 0 Å². The molecule has 2 heterocycles. The van der Waals surface area contributed by atoms with Gasteiger partial charge in [-0.3, -0.25) is 4.98 Å². The Morgan fingerprint density at radius 3 is 2.75 bits per heavy atom. The topological polar surface area (TPSA) is 70.8 Å². The Morgan fingerprint density at radius 2 is 2.04 bits per heavy atom. The molecular weight excluding hydrogens is 376 g/mol. The van der Waals surface area contributed by atoms with Crippen LogP contribution in [0.15, 0.2) is 36.7 Å². The molecule has 3 aromatic rings. The first-order valence-corrected chi connectivity index (χ1v) is 8.15. The van der Waals surface area contributed by atoms with Crippen LogP contribution in [0.2, 0.25) is 0 Å². The van der Waals surface area contributed by atoms with E-state index in [0.29, 0.717) is 27.7 Å². The number of hydrogen-bond acceptors (Lipinski definition) is 5. The highest BCUT2D eigenvalue weighted by Crippen LogP contribution is 2.30. The van der Waals surface area contributed by atoms with Crippen molar-refractivity contribution < 1.29 is 22.3 Å². The molecule has 144 valence electrons. The number of fused-ring (bicyclic) bond motifs is 1. The molecule has 28 heavy (non-hydrogen) atoms. The van der Waals surface area contributed by atoms with Gasteiger partial charge in [0.25, 0.3) is 0 Å². The fourth-order valence-electron chi connectivity index (χ4n) is 2.73. The number of benzene rings is 1. The van der Waals surface area contributed by atoms with E-state index in [1.807, 2.05) is 6.07 Å². The van der Waals surface area contributed by atoms with Crippen molar-refractivity contribution in [3.63, 3.8) is 0 Å². The van der Waals surface area contributed by atoms with E-state index in [9.17, 15) is 22.8 Å². The zero-order chi connectivity index (χ0) is 20.3. The number of nitrogens with one attached hydrogen (secondary N) is 1. The molecule has 0 radical (unpaired) electrons. The highest BCUT2D eigenvalue weighted by Gasteiger charge is 2.29. The number of nitrogens with zero attached hydrogens (tertiary/aromatic N) is 3. The lowest BCUT2D eigenvalue weighted by Crippen LogP contribution is -2.20. The summed E-state index contributed by atoms with van der Waals surface area (Å²) in [5.74, 6) is -0.660. The maximum Gasteiger partial charge on any atom is 0.422 e. The Hall–Kier alpha value is -3.41. The Bertz CT molecular complexity index is 1060. The summed E-state index contributed by atoms with van der Waals surface area (Å²) < 4.78 is 55.9. The molecule has 5 nitrogen and oxygen atoms in total.